The molecule has 1 heterocycles. The van der Waals surface area contributed by atoms with Crippen molar-refractivity contribution in [2.45, 2.75) is 32.0 Å². The maximum absolute atomic E-state index is 9.86. The summed E-state index contributed by atoms with van der Waals surface area (Å²) in [4.78, 5) is 2.34. The van der Waals surface area contributed by atoms with Gasteiger partial charge in [-0.15, -0.1) is 0 Å². The quantitative estimate of drug-likeness (QED) is 0.930. The lowest BCUT2D eigenvalue weighted by molar-refractivity contribution is 0.0818. The van der Waals surface area contributed by atoms with Crippen LogP contribution in [-0.4, -0.2) is 31.4 Å². The van der Waals surface area contributed by atoms with Crippen LogP contribution in [0.5, 0.6) is 0 Å². The van der Waals surface area contributed by atoms with Crippen LogP contribution in [0.4, 0.5) is 5.69 Å². The van der Waals surface area contributed by atoms with Crippen molar-refractivity contribution in [3.05, 3.63) is 28.2 Å². The van der Waals surface area contributed by atoms with Gasteiger partial charge in [0.25, 0.3) is 0 Å². The molecule has 18 heavy (non-hydrogen) atoms. The third kappa shape index (κ3) is 3.05. The van der Waals surface area contributed by atoms with Crippen LogP contribution in [0.15, 0.2) is 22.7 Å². The van der Waals surface area contributed by atoms with Gasteiger partial charge in [-0.1, -0.05) is 22.0 Å². The number of piperidine rings is 1. The van der Waals surface area contributed by atoms with E-state index in [0.29, 0.717) is 6.10 Å². The van der Waals surface area contributed by atoms with Gasteiger partial charge in [0.05, 0.1) is 12.2 Å². The maximum atomic E-state index is 9.86. The molecule has 0 saturated carbocycles. The van der Waals surface area contributed by atoms with Crippen molar-refractivity contribution < 1.29 is 9.84 Å². The molecule has 1 N–H and O–H groups in total. The number of aliphatic hydroxyl groups excluding tert-OH is 1. The summed E-state index contributed by atoms with van der Waals surface area (Å²) in [5, 5.41) is 9.86. The molecule has 3 nitrogen and oxygen atoms in total. The Hall–Kier alpha value is -0.580. The molecule has 100 valence electrons. The van der Waals surface area contributed by atoms with Gasteiger partial charge in [0.1, 0.15) is 0 Å². The number of benzene rings is 1. The Kier molecular flexibility index (Phi) is 4.65. The predicted molar refractivity (Wildman–Crippen MR) is 77.0 cm³/mol. The van der Waals surface area contributed by atoms with E-state index in [2.05, 4.69) is 26.9 Å². The van der Waals surface area contributed by atoms with Crippen molar-refractivity contribution in [1.82, 2.24) is 0 Å². The molecule has 1 aromatic carbocycles. The second kappa shape index (κ2) is 6.04. The number of aliphatic hydroxyl groups is 1. The van der Waals surface area contributed by atoms with E-state index in [1.165, 1.54) is 0 Å². The first kappa shape index (κ1) is 13.8. The Balaban J connectivity index is 2.20. The van der Waals surface area contributed by atoms with E-state index >= 15 is 0 Å². The molecule has 0 radical (unpaired) electrons. The van der Waals surface area contributed by atoms with Crippen molar-refractivity contribution in [2.24, 2.45) is 0 Å². The van der Waals surface area contributed by atoms with Crippen molar-refractivity contribution in [3.8, 4) is 0 Å². The average Bonchev–Trinajstić information content (AvgIpc) is 2.38. The minimum absolute atomic E-state index is 0.378. The molecule has 0 amide bonds. The fraction of sp³-hybridized carbons (Fsp3) is 0.571. The Morgan fingerprint density at radius 3 is 2.61 bits per heavy atom. The lowest BCUT2D eigenvalue weighted by Crippen LogP contribution is -2.37. The van der Waals surface area contributed by atoms with Gasteiger partial charge >= 0.3 is 0 Å². The number of ether oxygens (including phenoxy) is 1. The molecule has 1 saturated heterocycles. The number of nitrogens with zero attached hydrogens (tertiary/aromatic N) is 1. The van der Waals surface area contributed by atoms with Crippen molar-refractivity contribution in [2.75, 3.05) is 25.1 Å². The molecule has 1 aliphatic rings. The molecule has 1 aliphatic heterocycles. The van der Waals surface area contributed by atoms with Crippen molar-refractivity contribution >= 4 is 21.6 Å². The summed E-state index contributed by atoms with van der Waals surface area (Å²) in [5.41, 5.74) is 2.13. The Bertz CT molecular complexity index is 401. The van der Waals surface area contributed by atoms with Crippen LogP contribution in [0.3, 0.4) is 0 Å². The second-order valence-corrected chi connectivity index (χ2v) is 5.72. The smallest absolute Gasteiger partial charge is 0.0782 e. The topological polar surface area (TPSA) is 32.7 Å². The highest BCUT2D eigenvalue weighted by molar-refractivity contribution is 9.10. The van der Waals surface area contributed by atoms with Crippen molar-refractivity contribution in [1.29, 1.82) is 0 Å². The first-order valence-corrected chi connectivity index (χ1v) is 7.16. The van der Waals surface area contributed by atoms with Gasteiger partial charge in [-0.25, -0.2) is 0 Å². The highest BCUT2D eigenvalue weighted by Crippen LogP contribution is 2.31. The van der Waals surface area contributed by atoms with Gasteiger partial charge in [0.15, 0.2) is 0 Å². The van der Waals surface area contributed by atoms with E-state index in [1.54, 1.807) is 7.11 Å². The molecule has 0 aromatic heterocycles. The molecule has 0 spiro atoms. The molecule has 0 aliphatic carbocycles. The Labute approximate surface area is 117 Å². The fourth-order valence-electron chi connectivity index (χ4n) is 2.48. The number of rotatable bonds is 3. The third-order valence-corrected chi connectivity index (χ3v) is 4.05. The molecule has 4 heteroatoms. The molecular formula is C14H20BrNO2. The summed E-state index contributed by atoms with van der Waals surface area (Å²) >= 11 is 3.50. The second-order valence-electron chi connectivity index (χ2n) is 4.80. The average molecular weight is 314 g/mol. The van der Waals surface area contributed by atoms with Crippen LogP contribution < -0.4 is 4.90 Å². The van der Waals surface area contributed by atoms with E-state index in [1.807, 2.05) is 19.1 Å². The lowest BCUT2D eigenvalue weighted by atomic mass is 10.0. The zero-order chi connectivity index (χ0) is 13.1. The van der Waals surface area contributed by atoms with Gasteiger partial charge in [-0.05, 0) is 31.9 Å². The third-order valence-electron chi connectivity index (χ3n) is 3.56. The van der Waals surface area contributed by atoms with Gasteiger partial charge < -0.3 is 14.7 Å². The van der Waals surface area contributed by atoms with E-state index in [4.69, 9.17) is 4.74 Å². The highest BCUT2D eigenvalue weighted by atomic mass is 79.9. The maximum Gasteiger partial charge on any atom is 0.0782 e. The Morgan fingerprint density at radius 2 is 2.06 bits per heavy atom. The first-order valence-electron chi connectivity index (χ1n) is 6.37. The van der Waals surface area contributed by atoms with Crippen LogP contribution >= 0.6 is 15.9 Å². The summed E-state index contributed by atoms with van der Waals surface area (Å²) in [6, 6.07) is 6.06. The molecule has 1 fully saturated rings. The molecule has 1 aromatic rings. The van der Waals surface area contributed by atoms with Gasteiger partial charge in [-0.3, -0.25) is 0 Å². The molecule has 1 atom stereocenters. The number of hydrogen-bond donors (Lipinski definition) is 1. The zero-order valence-corrected chi connectivity index (χ0v) is 12.5. The van der Waals surface area contributed by atoms with E-state index < -0.39 is 6.10 Å². The molecule has 2 rings (SSSR count). The van der Waals surface area contributed by atoms with Gasteiger partial charge in [0, 0.05) is 35.9 Å². The van der Waals surface area contributed by atoms with E-state index in [0.717, 1.165) is 41.7 Å². The summed E-state index contributed by atoms with van der Waals surface area (Å²) in [6.45, 7) is 3.78. The number of anilines is 1. The number of methoxy groups -OCH3 is 1. The van der Waals surface area contributed by atoms with Gasteiger partial charge in [0.2, 0.25) is 0 Å². The highest BCUT2D eigenvalue weighted by Gasteiger charge is 2.21. The molecular weight excluding hydrogens is 294 g/mol. The summed E-state index contributed by atoms with van der Waals surface area (Å²) in [5.74, 6) is 0. The zero-order valence-electron chi connectivity index (χ0n) is 10.9. The monoisotopic (exact) mass is 313 g/mol. The number of hydrogen-bond acceptors (Lipinski definition) is 3. The summed E-state index contributed by atoms with van der Waals surface area (Å²) in [7, 11) is 1.78. The first-order chi connectivity index (χ1) is 8.61. The number of halogens is 1. The standard InChI is InChI=1S/C14H20BrNO2/c1-10(17)13-4-3-11(15)9-14(13)16-7-5-12(18-2)6-8-16/h3-4,9-10,12,17H,5-8H2,1-2H3. The van der Waals surface area contributed by atoms with E-state index in [-0.39, 0.29) is 0 Å². The minimum atomic E-state index is -0.437. The van der Waals surface area contributed by atoms with Crippen molar-refractivity contribution in [3.63, 3.8) is 0 Å². The van der Waals surface area contributed by atoms with Gasteiger partial charge in [-0.2, -0.15) is 0 Å². The van der Waals surface area contributed by atoms with Crippen LogP contribution in [0.1, 0.15) is 31.4 Å². The molecule has 0 bridgehead atoms. The normalized spacial score (nSPS) is 19.0. The van der Waals surface area contributed by atoms with Crippen LogP contribution in [0.25, 0.3) is 0 Å². The largest absolute Gasteiger partial charge is 0.389 e. The minimum Gasteiger partial charge on any atom is -0.389 e. The lowest BCUT2D eigenvalue weighted by Gasteiger charge is -2.34. The van der Waals surface area contributed by atoms with E-state index in [9.17, 15) is 5.11 Å². The Morgan fingerprint density at radius 1 is 1.39 bits per heavy atom. The van der Waals surface area contributed by atoms with Crippen LogP contribution in [-0.2, 0) is 4.74 Å². The predicted octanol–water partition coefficient (Wildman–Crippen LogP) is 3.12. The van der Waals surface area contributed by atoms with Crippen LogP contribution in [0.2, 0.25) is 0 Å². The SMILES string of the molecule is COC1CCN(c2cc(Br)ccc2C(C)O)CC1. The summed E-state index contributed by atoms with van der Waals surface area (Å²) in [6.07, 6.45) is 2.03. The van der Waals surface area contributed by atoms with Crippen LogP contribution in [0, 0.1) is 0 Å². The molecule has 1 unspecified atom stereocenters. The summed E-state index contributed by atoms with van der Waals surface area (Å²) < 4.78 is 6.44. The fourth-order valence-corrected chi connectivity index (χ4v) is 2.83.